The molecule has 0 saturated carbocycles. The number of piperidine rings is 1. The molecule has 1 heterocycles. The van der Waals surface area contributed by atoms with Crippen molar-refractivity contribution in [3.05, 3.63) is 0 Å². The van der Waals surface area contributed by atoms with Gasteiger partial charge >= 0.3 is 92.9 Å². The van der Waals surface area contributed by atoms with E-state index in [2.05, 4.69) is 5.32 Å². The van der Waals surface area contributed by atoms with Gasteiger partial charge in [-0.2, -0.15) is 0 Å². The summed E-state index contributed by atoms with van der Waals surface area (Å²) in [6, 6.07) is 0. The normalized spacial score (nSPS) is 19.9. The van der Waals surface area contributed by atoms with Gasteiger partial charge < -0.3 is 0 Å². The van der Waals surface area contributed by atoms with E-state index in [4.69, 9.17) is 0 Å². The zero-order valence-electron chi connectivity index (χ0n) is 8.16. The Morgan fingerprint density at radius 3 is 2.43 bits per heavy atom. The molecule has 1 aliphatic heterocycles. The average molecular weight is 314 g/mol. The Labute approximate surface area is 93.0 Å². The first-order valence-corrected chi connectivity index (χ1v) is 9.10. The fraction of sp³-hybridized carbons (Fsp3) is 1.00. The molecule has 0 amide bonds. The van der Waals surface area contributed by atoms with Crippen molar-refractivity contribution in [1.82, 2.24) is 5.32 Å². The molecule has 14 heavy (non-hydrogen) atoms. The van der Waals surface area contributed by atoms with Gasteiger partial charge in [-0.25, -0.2) is 0 Å². The van der Waals surface area contributed by atoms with Gasteiger partial charge in [-0.15, -0.1) is 0 Å². The van der Waals surface area contributed by atoms with E-state index in [0.717, 1.165) is 23.4 Å². The molecule has 1 aliphatic rings. The van der Waals surface area contributed by atoms with Crippen LogP contribution in [0.3, 0.4) is 0 Å². The van der Waals surface area contributed by atoms with Crippen LogP contribution in [-0.4, -0.2) is 40.4 Å². The molecule has 0 atom stereocenters. The van der Waals surface area contributed by atoms with Crippen molar-refractivity contribution in [2.45, 2.75) is 34.3 Å². The van der Waals surface area contributed by atoms with E-state index >= 15 is 0 Å². The molecule has 1 N–H and O–H groups in total. The quantitative estimate of drug-likeness (QED) is 0.621. The third kappa shape index (κ3) is 6.11. The van der Waals surface area contributed by atoms with Crippen molar-refractivity contribution < 1.29 is 13.2 Å². The van der Waals surface area contributed by atoms with Crippen LogP contribution < -0.4 is 5.32 Å². The molecule has 82 valence electrons. The molecule has 0 bridgehead atoms. The van der Waals surface area contributed by atoms with E-state index in [1.807, 2.05) is 0 Å². The topological polar surface area (TPSA) is 12.0 Å². The van der Waals surface area contributed by atoms with E-state index in [0.29, 0.717) is 4.44 Å². The second kappa shape index (κ2) is 6.20. The van der Waals surface area contributed by atoms with Crippen LogP contribution >= 0.6 is 0 Å². The van der Waals surface area contributed by atoms with Gasteiger partial charge in [0.15, 0.2) is 0 Å². The van der Waals surface area contributed by atoms with Crippen LogP contribution in [0.4, 0.5) is 13.2 Å². The van der Waals surface area contributed by atoms with Crippen LogP contribution in [0, 0.1) is 5.92 Å². The van der Waals surface area contributed by atoms with Gasteiger partial charge in [-0.1, -0.05) is 0 Å². The van der Waals surface area contributed by atoms with Crippen LogP contribution in [0.25, 0.3) is 0 Å². The van der Waals surface area contributed by atoms with Crippen molar-refractivity contribution in [2.24, 2.45) is 5.92 Å². The fourth-order valence-electron chi connectivity index (χ4n) is 1.62. The van der Waals surface area contributed by atoms with Gasteiger partial charge in [0.1, 0.15) is 0 Å². The predicted molar refractivity (Wildman–Crippen MR) is 51.6 cm³/mol. The standard InChI is InChI=1S/C6H12N.C3H4F3.Sn/c1-6-2-4-7-5-3-6;1-2-3(4,5)6;/h6-7H,1-5H2;1-2H2;. The minimum absolute atomic E-state index is 0.469. The molecule has 1 fully saturated rings. The van der Waals surface area contributed by atoms with E-state index in [1.54, 1.807) is 0 Å². The van der Waals surface area contributed by atoms with Crippen LogP contribution in [0.1, 0.15) is 19.3 Å². The second-order valence-corrected chi connectivity index (χ2v) is 7.78. The van der Waals surface area contributed by atoms with Crippen LogP contribution in [0.2, 0.25) is 8.87 Å². The Kier molecular flexibility index (Phi) is 5.59. The Hall–Kier alpha value is 0.549. The molecular weight excluding hydrogens is 298 g/mol. The van der Waals surface area contributed by atoms with E-state index in [9.17, 15) is 13.2 Å². The average Bonchev–Trinajstić information content (AvgIpc) is 2.13. The molecule has 0 aromatic heterocycles. The summed E-state index contributed by atoms with van der Waals surface area (Å²) >= 11 is -0.727. The van der Waals surface area contributed by atoms with E-state index in [1.165, 1.54) is 12.8 Å². The molecule has 0 aromatic rings. The zero-order valence-corrected chi connectivity index (χ0v) is 11.0. The molecule has 1 saturated heterocycles. The van der Waals surface area contributed by atoms with Gasteiger partial charge in [0.05, 0.1) is 0 Å². The summed E-state index contributed by atoms with van der Waals surface area (Å²) in [5, 5.41) is 3.27. The molecule has 1 nitrogen and oxygen atoms in total. The Morgan fingerprint density at radius 1 is 1.21 bits per heavy atom. The molecule has 1 rings (SSSR count). The van der Waals surface area contributed by atoms with Crippen LogP contribution in [0.15, 0.2) is 0 Å². The molecule has 0 aliphatic carbocycles. The Morgan fingerprint density at radius 2 is 1.86 bits per heavy atom. The first kappa shape index (κ1) is 12.6. The summed E-state index contributed by atoms with van der Waals surface area (Å²) < 4.78 is 37.1. The van der Waals surface area contributed by atoms with Gasteiger partial charge in [0.25, 0.3) is 0 Å². The monoisotopic (exact) mass is 315 g/mol. The molecule has 0 aromatic carbocycles. The minimum atomic E-state index is -3.92. The van der Waals surface area contributed by atoms with E-state index in [-0.39, 0.29) is 0 Å². The van der Waals surface area contributed by atoms with Gasteiger partial charge in [0.2, 0.25) is 0 Å². The van der Waals surface area contributed by atoms with Gasteiger partial charge in [0, 0.05) is 0 Å². The number of hydrogen-bond donors (Lipinski definition) is 1. The summed E-state index contributed by atoms with van der Waals surface area (Å²) in [5.41, 5.74) is 0. The van der Waals surface area contributed by atoms with Crippen molar-refractivity contribution in [1.29, 1.82) is 0 Å². The third-order valence-electron chi connectivity index (χ3n) is 2.48. The van der Waals surface area contributed by atoms with Crippen LogP contribution in [-0.2, 0) is 0 Å². The summed E-state index contributed by atoms with van der Waals surface area (Å²) in [6.07, 6.45) is -2.11. The predicted octanol–water partition coefficient (Wildman–Crippen LogP) is 2.48. The summed E-state index contributed by atoms with van der Waals surface area (Å²) in [7, 11) is 0. The Bertz CT molecular complexity index is 155. The number of halogens is 3. The zero-order chi connectivity index (χ0) is 10.4. The SMILES string of the molecule is FC(F)(F)C[CH2][Sn][CH2]C1CCNCC1. The number of nitrogens with one attached hydrogen (secondary N) is 1. The summed E-state index contributed by atoms with van der Waals surface area (Å²) in [4.78, 5) is 0. The van der Waals surface area contributed by atoms with Crippen LogP contribution in [0.5, 0.6) is 0 Å². The van der Waals surface area contributed by atoms with Gasteiger partial charge in [-0.05, 0) is 0 Å². The summed E-state index contributed by atoms with van der Waals surface area (Å²) in [5.74, 6) is 0.732. The summed E-state index contributed by atoms with van der Waals surface area (Å²) in [6.45, 7) is 2.12. The van der Waals surface area contributed by atoms with Gasteiger partial charge in [-0.3, -0.25) is 0 Å². The first-order chi connectivity index (χ1) is 6.58. The first-order valence-electron chi connectivity index (χ1n) is 5.06. The molecular formula is C9H16F3NSn. The maximum atomic E-state index is 11.8. The Balaban J connectivity index is 1.97. The van der Waals surface area contributed by atoms with Crippen molar-refractivity contribution in [3.63, 3.8) is 0 Å². The van der Waals surface area contributed by atoms with Crippen molar-refractivity contribution in [2.75, 3.05) is 13.1 Å². The number of alkyl halides is 3. The molecule has 0 spiro atoms. The molecule has 5 heteroatoms. The second-order valence-electron chi connectivity index (χ2n) is 3.76. The maximum absolute atomic E-state index is 11.8. The van der Waals surface area contributed by atoms with Crippen molar-refractivity contribution in [3.8, 4) is 0 Å². The van der Waals surface area contributed by atoms with Crippen molar-refractivity contribution >= 4 is 21.1 Å². The third-order valence-corrected chi connectivity index (χ3v) is 6.67. The molecule has 0 unspecified atom stereocenters. The number of rotatable bonds is 4. The fourth-order valence-corrected chi connectivity index (χ4v) is 5.85. The molecule has 2 radical (unpaired) electrons. The number of hydrogen-bond acceptors (Lipinski definition) is 1. The van der Waals surface area contributed by atoms with E-state index < -0.39 is 33.7 Å².